The van der Waals surface area contributed by atoms with Crippen LogP contribution < -0.4 is 15.4 Å². The molecule has 5 heteroatoms. The van der Waals surface area contributed by atoms with Crippen molar-refractivity contribution in [2.45, 2.75) is 45.8 Å². The number of hydrogen-bond donors (Lipinski definition) is 2. The van der Waals surface area contributed by atoms with Gasteiger partial charge >= 0.3 is 0 Å². The zero-order chi connectivity index (χ0) is 17.2. The molecule has 0 heterocycles. The first kappa shape index (κ1) is 18.6. The summed E-state index contributed by atoms with van der Waals surface area (Å²) >= 11 is 0. The molecule has 0 amide bonds. The number of aliphatic imine (C=N–C) groups is 1. The molecule has 1 aliphatic rings. The minimum absolute atomic E-state index is 0.199. The molecular weight excluding hydrogens is 302 g/mol. The van der Waals surface area contributed by atoms with Crippen molar-refractivity contribution in [3.63, 3.8) is 0 Å². The lowest BCUT2D eigenvalue weighted by Crippen LogP contribution is -2.37. The van der Waals surface area contributed by atoms with Crippen molar-refractivity contribution in [3.05, 3.63) is 29.8 Å². The van der Waals surface area contributed by atoms with Crippen molar-refractivity contribution in [2.75, 3.05) is 26.8 Å². The summed E-state index contributed by atoms with van der Waals surface area (Å²) < 4.78 is 11.3. The van der Waals surface area contributed by atoms with Crippen LogP contribution in [0.2, 0.25) is 0 Å². The van der Waals surface area contributed by atoms with E-state index in [1.165, 1.54) is 18.4 Å². The summed E-state index contributed by atoms with van der Waals surface area (Å²) in [6.07, 6.45) is 3.89. The van der Waals surface area contributed by atoms with Gasteiger partial charge < -0.3 is 20.1 Å². The second-order valence-electron chi connectivity index (χ2n) is 6.53. The first-order valence-electron chi connectivity index (χ1n) is 8.95. The van der Waals surface area contributed by atoms with Crippen molar-refractivity contribution in [1.82, 2.24) is 10.6 Å². The Balaban J connectivity index is 1.59. The van der Waals surface area contributed by atoms with Crippen LogP contribution in [0.15, 0.2) is 29.3 Å². The fourth-order valence-corrected chi connectivity index (χ4v) is 2.28. The fourth-order valence-electron chi connectivity index (χ4n) is 2.28. The van der Waals surface area contributed by atoms with E-state index in [-0.39, 0.29) is 6.10 Å². The van der Waals surface area contributed by atoms with Crippen molar-refractivity contribution in [3.8, 4) is 5.75 Å². The van der Waals surface area contributed by atoms with Gasteiger partial charge in [0.15, 0.2) is 5.96 Å². The van der Waals surface area contributed by atoms with E-state index in [0.29, 0.717) is 0 Å². The molecule has 24 heavy (non-hydrogen) atoms. The van der Waals surface area contributed by atoms with E-state index in [2.05, 4.69) is 27.8 Å². The SMILES string of the molecule is CN=C(NCCCOCC1CC1)NCc1ccc(OC(C)C)cc1. The third-order valence-corrected chi connectivity index (χ3v) is 3.79. The van der Waals surface area contributed by atoms with Gasteiger partial charge in [-0.15, -0.1) is 0 Å². The maximum absolute atomic E-state index is 5.65. The molecule has 2 N–H and O–H groups in total. The number of rotatable bonds is 10. The molecule has 0 unspecified atom stereocenters. The summed E-state index contributed by atoms with van der Waals surface area (Å²) in [6.45, 7) is 7.41. The van der Waals surface area contributed by atoms with Crippen LogP contribution in [0.5, 0.6) is 5.75 Å². The summed E-state index contributed by atoms with van der Waals surface area (Å²) in [6, 6.07) is 8.16. The maximum Gasteiger partial charge on any atom is 0.191 e. The molecular formula is C19H31N3O2. The van der Waals surface area contributed by atoms with Gasteiger partial charge in [-0.25, -0.2) is 0 Å². The van der Waals surface area contributed by atoms with Crippen molar-refractivity contribution in [1.29, 1.82) is 0 Å². The molecule has 0 aromatic heterocycles. The minimum Gasteiger partial charge on any atom is -0.491 e. The van der Waals surface area contributed by atoms with Gasteiger partial charge in [-0.3, -0.25) is 4.99 Å². The van der Waals surface area contributed by atoms with E-state index in [1.807, 2.05) is 26.0 Å². The van der Waals surface area contributed by atoms with E-state index >= 15 is 0 Å². The molecule has 134 valence electrons. The molecule has 0 spiro atoms. The highest BCUT2D eigenvalue weighted by atomic mass is 16.5. The highest BCUT2D eigenvalue weighted by Crippen LogP contribution is 2.28. The van der Waals surface area contributed by atoms with Crippen molar-refractivity contribution >= 4 is 5.96 Å². The Morgan fingerprint density at radius 3 is 2.58 bits per heavy atom. The van der Waals surface area contributed by atoms with Gasteiger partial charge in [0.1, 0.15) is 5.75 Å². The standard InChI is InChI=1S/C19H31N3O2/c1-15(2)24-18-9-7-16(8-10-18)13-22-19(20-3)21-11-4-12-23-14-17-5-6-17/h7-10,15,17H,4-6,11-14H2,1-3H3,(H2,20,21,22). The van der Waals surface area contributed by atoms with Crippen LogP contribution in [-0.4, -0.2) is 38.9 Å². The number of nitrogens with one attached hydrogen (secondary N) is 2. The monoisotopic (exact) mass is 333 g/mol. The molecule has 1 saturated carbocycles. The smallest absolute Gasteiger partial charge is 0.191 e. The number of hydrogen-bond acceptors (Lipinski definition) is 3. The molecule has 1 aromatic rings. The molecule has 0 bridgehead atoms. The van der Waals surface area contributed by atoms with Gasteiger partial charge in [0.25, 0.3) is 0 Å². The molecule has 2 rings (SSSR count). The summed E-state index contributed by atoms with van der Waals surface area (Å²) in [4.78, 5) is 4.24. The van der Waals surface area contributed by atoms with E-state index in [4.69, 9.17) is 9.47 Å². The normalized spacial score (nSPS) is 14.8. The number of guanidine groups is 1. The van der Waals surface area contributed by atoms with E-state index < -0.39 is 0 Å². The molecule has 0 saturated heterocycles. The average Bonchev–Trinajstić information content (AvgIpc) is 3.38. The first-order chi connectivity index (χ1) is 11.7. The van der Waals surface area contributed by atoms with Gasteiger partial charge in [0.2, 0.25) is 0 Å². The molecule has 1 aromatic carbocycles. The maximum atomic E-state index is 5.65. The Labute approximate surface area is 145 Å². The Bertz CT molecular complexity index is 496. The summed E-state index contributed by atoms with van der Waals surface area (Å²) in [7, 11) is 1.79. The number of nitrogens with zero attached hydrogens (tertiary/aromatic N) is 1. The lowest BCUT2D eigenvalue weighted by Gasteiger charge is -2.13. The van der Waals surface area contributed by atoms with Gasteiger partial charge in [-0.2, -0.15) is 0 Å². The first-order valence-corrected chi connectivity index (χ1v) is 8.95. The second kappa shape index (κ2) is 10.2. The average molecular weight is 333 g/mol. The largest absolute Gasteiger partial charge is 0.491 e. The van der Waals surface area contributed by atoms with Crippen LogP contribution in [0.3, 0.4) is 0 Å². The second-order valence-corrected chi connectivity index (χ2v) is 6.53. The zero-order valence-electron chi connectivity index (χ0n) is 15.2. The molecule has 1 fully saturated rings. The Morgan fingerprint density at radius 1 is 1.21 bits per heavy atom. The Morgan fingerprint density at radius 2 is 1.96 bits per heavy atom. The van der Waals surface area contributed by atoms with Gasteiger partial charge in [-0.05, 0) is 56.7 Å². The molecule has 0 aliphatic heterocycles. The molecule has 5 nitrogen and oxygen atoms in total. The highest BCUT2D eigenvalue weighted by Gasteiger charge is 2.20. The third kappa shape index (κ3) is 7.68. The third-order valence-electron chi connectivity index (χ3n) is 3.79. The zero-order valence-corrected chi connectivity index (χ0v) is 15.2. The van der Waals surface area contributed by atoms with Crippen LogP contribution in [0.1, 0.15) is 38.7 Å². The van der Waals surface area contributed by atoms with E-state index in [1.54, 1.807) is 7.05 Å². The van der Waals surface area contributed by atoms with Crippen LogP contribution in [0, 0.1) is 5.92 Å². The van der Waals surface area contributed by atoms with Crippen molar-refractivity contribution in [2.24, 2.45) is 10.9 Å². The number of ether oxygens (including phenoxy) is 2. The van der Waals surface area contributed by atoms with Crippen molar-refractivity contribution < 1.29 is 9.47 Å². The highest BCUT2D eigenvalue weighted by molar-refractivity contribution is 5.79. The van der Waals surface area contributed by atoms with Crippen LogP contribution in [0.25, 0.3) is 0 Å². The Hall–Kier alpha value is -1.75. The molecule has 1 aliphatic carbocycles. The van der Waals surface area contributed by atoms with Gasteiger partial charge in [0, 0.05) is 33.4 Å². The number of benzene rings is 1. The van der Waals surface area contributed by atoms with Gasteiger partial charge in [-0.1, -0.05) is 12.1 Å². The predicted octanol–water partition coefficient (Wildman–Crippen LogP) is 2.96. The Kier molecular flexibility index (Phi) is 7.89. The van der Waals surface area contributed by atoms with Crippen LogP contribution >= 0.6 is 0 Å². The molecule has 0 radical (unpaired) electrons. The fraction of sp³-hybridized carbons (Fsp3) is 0.632. The summed E-state index contributed by atoms with van der Waals surface area (Å²) in [5.41, 5.74) is 1.20. The van der Waals surface area contributed by atoms with Crippen LogP contribution in [-0.2, 0) is 11.3 Å². The summed E-state index contributed by atoms with van der Waals surface area (Å²) in [5, 5.41) is 6.64. The van der Waals surface area contributed by atoms with Gasteiger partial charge in [0.05, 0.1) is 6.10 Å². The molecule has 0 atom stereocenters. The lowest BCUT2D eigenvalue weighted by atomic mass is 10.2. The quantitative estimate of drug-likeness (QED) is 0.393. The van der Waals surface area contributed by atoms with E-state index in [9.17, 15) is 0 Å². The van der Waals surface area contributed by atoms with Crippen LogP contribution in [0.4, 0.5) is 0 Å². The topological polar surface area (TPSA) is 54.9 Å². The lowest BCUT2D eigenvalue weighted by molar-refractivity contribution is 0.123. The van der Waals surface area contributed by atoms with E-state index in [0.717, 1.165) is 50.4 Å². The minimum atomic E-state index is 0.199. The summed E-state index contributed by atoms with van der Waals surface area (Å²) in [5.74, 6) is 2.56. The predicted molar refractivity (Wildman–Crippen MR) is 98.6 cm³/mol.